The van der Waals surface area contributed by atoms with Gasteiger partial charge >= 0.3 is 18.8 Å². The summed E-state index contributed by atoms with van der Waals surface area (Å²) in [5.74, 6) is -0.855. The monoisotopic (exact) mass is 866 g/mol. The summed E-state index contributed by atoms with van der Waals surface area (Å²) in [6, 6.07) is 7.89. The number of amides is 1. The van der Waals surface area contributed by atoms with Crippen molar-refractivity contribution >= 4 is 71.0 Å². The third-order valence-corrected chi connectivity index (χ3v) is 8.40. The fourth-order valence-corrected chi connectivity index (χ4v) is 6.41. The van der Waals surface area contributed by atoms with Gasteiger partial charge in [-0.3, -0.25) is 4.79 Å². The molecule has 1 aromatic heterocycles. The van der Waals surface area contributed by atoms with Crippen LogP contribution in [0.25, 0.3) is 11.3 Å². The van der Waals surface area contributed by atoms with Crippen LogP contribution in [0, 0.1) is 0 Å². The molecule has 0 radical (unpaired) electrons. The fourth-order valence-electron chi connectivity index (χ4n) is 4.14. The van der Waals surface area contributed by atoms with Crippen molar-refractivity contribution in [2.45, 2.75) is 57.9 Å². The van der Waals surface area contributed by atoms with Crippen LogP contribution in [0.3, 0.4) is 0 Å². The predicted octanol–water partition coefficient (Wildman–Crippen LogP) is 10.5. The molecule has 0 bridgehead atoms. The van der Waals surface area contributed by atoms with Crippen molar-refractivity contribution in [3.63, 3.8) is 0 Å². The molecule has 7 nitrogen and oxygen atoms in total. The molecule has 1 aliphatic rings. The number of halogens is 9. The van der Waals surface area contributed by atoms with Gasteiger partial charge in [-0.2, -0.15) is 0 Å². The molecule has 4 rings (SSSR count). The minimum atomic E-state index is -4.77. The van der Waals surface area contributed by atoms with Crippen LogP contribution in [0.2, 0.25) is 0 Å². The van der Waals surface area contributed by atoms with Gasteiger partial charge in [0.2, 0.25) is 0 Å². The molecular weight excluding hydrogens is 842 g/mol. The Balaban J connectivity index is 0.000000304. The van der Waals surface area contributed by atoms with Crippen molar-refractivity contribution in [1.82, 2.24) is 9.88 Å². The smallest absolute Gasteiger partial charge is 0.444 e. The maximum Gasteiger partial charge on any atom is 0.573 e. The molecular formula is C29H27Br3F6N2O5S. The lowest BCUT2D eigenvalue weighted by molar-refractivity contribution is -0.275. The summed E-state index contributed by atoms with van der Waals surface area (Å²) in [6.07, 6.45) is -8.32. The molecule has 0 unspecified atom stereocenters. The first kappa shape index (κ1) is 38.1. The number of nitrogens with zero attached hydrogens (tertiary/aromatic N) is 2. The number of benzene rings is 2. The van der Waals surface area contributed by atoms with Crippen molar-refractivity contribution in [3.05, 3.63) is 61.3 Å². The average molecular weight is 869 g/mol. The lowest BCUT2D eigenvalue weighted by Gasteiger charge is -2.32. The van der Waals surface area contributed by atoms with Crippen LogP contribution < -0.4 is 9.47 Å². The van der Waals surface area contributed by atoms with Gasteiger partial charge < -0.3 is 19.1 Å². The zero-order valence-corrected chi connectivity index (χ0v) is 30.0. The third kappa shape index (κ3) is 12.7. The number of Topliss-reactive ketones (excluding diaryl/α,β-unsaturated/α-hetero) is 1. The minimum absolute atomic E-state index is 0.0366. The van der Waals surface area contributed by atoms with E-state index >= 15 is 0 Å². The molecule has 1 saturated heterocycles. The van der Waals surface area contributed by atoms with E-state index in [1.165, 1.54) is 29.5 Å². The summed E-state index contributed by atoms with van der Waals surface area (Å²) in [7, 11) is 0. The molecule has 46 heavy (non-hydrogen) atoms. The maximum absolute atomic E-state index is 12.5. The Bertz CT molecular complexity index is 1520. The van der Waals surface area contributed by atoms with Gasteiger partial charge in [-0.15, -0.1) is 37.7 Å². The van der Waals surface area contributed by atoms with Crippen LogP contribution in [0.1, 0.15) is 54.9 Å². The Kier molecular flexibility index (Phi) is 13.0. The second-order valence-electron chi connectivity index (χ2n) is 10.8. The fraction of sp³-hybridized carbons (Fsp3) is 0.414. The zero-order chi connectivity index (χ0) is 34.4. The summed E-state index contributed by atoms with van der Waals surface area (Å²) in [5, 5.41) is 2.77. The molecule has 1 amide bonds. The summed E-state index contributed by atoms with van der Waals surface area (Å²) in [4.78, 5) is 29.8. The Morgan fingerprint density at radius 1 is 0.891 bits per heavy atom. The number of piperidine rings is 1. The molecule has 252 valence electrons. The lowest BCUT2D eigenvalue weighted by Crippen LogP contribution is -2.41. The second kappa shape index (κ2) is 15.7. The van der Waals surface area contributed by atoms with Gasteiger partial charge in [0.15, 0.2) is 5.78 Å². The largest absolute Gasteiger partial charge is 0.573 e. The molecule has 1 aliphatic heterocycles. The highest BCUT2D eigenvalue weighted by Gasteiger charge is 2.33. The summed E-state index contributed by atoms with van der Waals surface area (Å²) in [5.41, 5.74) is 0.747. The molecule has 2 heterocycles. The molecule has 0 spiro atoms. The highest BCUT2D eigenvalue weighted by atomic mass is 79.9. The molecule has 0 N–H and O–H groups in total. The standard InChI is InChI=1S/C20H22BrF3N2O3S.C9H5Br2F3O2/c1-19(2,3)29-18(27)26-6-4-12(5-7-26)17-25-16(11-30-17)13-8-14(21)10-15(9-13)28-20(22,23)24;10-4-8(15)5-1-6(11)3-7(2-5)16-9(12,13)14/h8-12H,4-7H2,1-3H3;1-3H,4H2. The molecule has 17 heteroatoms. The van der Waals surface area contributed by atoms with Crippen molar-refractivity contribution in [2.24, 2.45) is 0 Å². The number of hydrogen-bond acceptors (Lipinski definition) is 7. The first-order valence-corrected chi connectivity index (χ1v) is 17.0. The summed E-state index contributed by atoms with van der Waals surface area (Å²) in [6.45, 7) is 6.66. The molecule has 0 saturated carbocycles. The number of likely N-dealkylation sites (tertiary alicyclic amines) is 1. The van der Waals surface area contributed by atoms with E-state index in [0.717, 1.165) is 30.0 Å². The summed E-state index contributed by atoms with van der Waals surface area (Å²) < 4.78 is 87.5. The van der Waals surface area contributed by atoms with E-state index in [1.54, 1.807) is 11.0 Å². The minimum Gasteiger partial charge on any atom is -0.444 e. The van der Waals surface area contributed by atoms with E-state index < -0.39 is 24.1 Å². The van der Waals surface area contributed by atoms with Crippen molar-refractivity contribution in [3.8, 4) is 22.8 Å². The zero-order valence-electron chi connectivity index (χ0n) is 24.4. The number of thiazole rings is 1. The van der Waals surface area contributed by atoms with Crippen molar-refractivity contribution in [1.29, 1.82) is 0 Å². The quantitative estimate of drug-likeness (QED) is 0.140. The first-order valence-electron chi connectivity index (χ1n) is 13.4. The van der Waals surface area contributed by atoms with Crippen molar-refractivity contribution < 1.29 is 50.1 Å². The van der Waals surface area contributed by atoms with E-state index in [0.29, 0.717) is 33.3 Å². The molecule has 0 atom stereocenters. The highest BCUT2D eigenvalue weighted by molar-refractivity contribution is 9.10. The Morgan fingerprint density at radius 3 is 1.96 bits per heavy atom. The van der Waals surface area contributed by atoms with E-state index in [9.17, 15) is 35.9 Å². The SMILES string of the molecule is CC(C)(C)OC(=O)N1CCC(c2nc(-c3cc(Br)cc(OC(F)(F)F)c3)cs2)CC1.O=C(CBr)c1cc(Br)cc(OC(F)(F)F)c1. The van der Waals surface area contributed by atoms with Gasteiger partial charge in [0.1, 0.15) is 17.1 Å². The van der Waals surface area contributed by atoms with E-state index in [-0.39, 0.29) is 34.4 Å². The first-order chi connectivity index (χ1) is 21.2. The van der Waals surface area contributed by atoms with Gasteiger partial charge in [0.25, 0.3) is 0 Å². The number of alkyl halides is 7. The van der Waals surface area contributed by atoms with Gasteiger partial charge in [0.05, 0.1) is 16.0 Å². The van der Waals surface area contributed by atoms with E-state index in [1.807, 2.05) is 26.2 Å². The van der Waals surface area contributed by atoms with Crippen LogP contribution >= 0.6 is 59.1 Å². The van der Waals surface area contributed by atoms with Crippen molar-refractivity contribution in [2.75, 3.05) is 18.4 Å². The summed E-state index contributed by atoms with van der Waals surface area (Å²) >= 11 is 10.6. The lowest BCUT2D eigenvalue weighted by atomic mass is 9.98. The van der Waals surface area contributed by atoms with Crippen LogP contribution in [0.15, 0.2) is 50.7 Å². The maximum atomic E-state index is 12.5. The number of hydrogen-bond donors (Lipinski definition) is 0. The Hall–Kier alpha value is -2.37. The van der Waals surface area contributed by atoms with Crippen LogP contribution in [-0.2, 0) is 4.74 Å². The van der Waals surface area contributed by atoms with Crippen LogP contribution in [-0.4, -0.2) is 58.5 Å². The average Bonchev–Trinajstić information content (AvgIpc) is 3.40. The number of aromatic nitrogens is 1. The molecule has 1 fully saturated rings. The second-order valence-corrected chi connectivity index (χ2v) is 14.1. The molecule has 0 aliphatic carbocycles. The Labute approximate surface area is 290 Å². The topological polar surface area (TPSA) is 78.0 Å². The Morgan fingerprint density at radius 2 is 1.43 bits per heavy atom. The number of rotatable bonds is 6. The van der Waals surface area contributed by atoms with Gasteiger partial charge in [-0.1, -0.05) is 47.8 Å². The van der Waals surface area contributed by atoms with Crippen LogP contribution in [0.5, 0.6) is 11.5 Å². The number of ketones is 1. The highest BCUT2D eigenvalue weighted by Crippen LogP contribution is 2.36. The molecule has 3 aromatic rings. The van der Waals surface area contributed by atoms with E-state index in [4.69, 9.17) is 4.74 Å². The van der Waals surface area contributed by atoms with Crippen LogP contribution in [0.4, 0.5) is 31.1 Å². The number of carbonyl (C=O) groups excluding carboxylic acids is 2. The van der Waals surface area contributed by atoms with Gasteiger partial charge in [-0.25, -0.2) is 9.78 Å². The number of ether oxygens (including phenoxy) is 3. The molecule has 2 aromatic carbocycles. The number of carbonyl (C=O) groups is 2. The van der Waals surface area contributed by atoms with Gasteiger partial charge in [0, 0.05) is 44.5 Å². The van der Waals surface area contributed by atoms with Gasteiger partial charge in [-0.05, 0) is 70.0 Å². The third-order valence-electron chi connectivity index (χ3n) is 5.97. The predicted molar refractivity (Wildman–Crippen MR) is 171 cm³/mol. The normalized spacial score (nSPS) is 14.3. The van der Waals surface area contributed by atoms with E-state index in [2.05, 4.69) is 62.2 Å².